The van der Waals surface area contributed by atoms with Crippen molar-refractivity contribution >= 4 is 17.5 Å². The number of carbonyl (C=O) groups excluding carboxylic acids is 2. The minimum absolute atomic E-state index is 0.0315. The van der Waals surface area contributed by atoms with Crippen molar-refractivity contribution in [3.8, 4) is 5.75 Å². The molecule has 0 unspecified atom stereocenters. The molecule has 9 heteroatoms. The summed E-state index contributed by atoms with van der Waals surface area (Å²) in [5.41, 5.74) is 2.50. The lowest BCUT2D eigenvalue weighted by Gasteiger charge is -2.37. The molecular weight excluding hydrogens is 414 g/mol. The van der Waals surface area contributed by atoms with Crippen molar-refractivity contribution in [2.24, 2.45) is 0 Å². The molecule has 0 bridgehead atoms. The van der Waals surface area contributed by atoms with Crippen LogP contribution in [0.4, 0.5) is 5.69 Å². The van der Waals surface area contributed by atoms with E-state index >= 15 is 0 Å². The van der Waals surface area contributed by atoms with E-state index in [-0.39, 0.29) is 49.6 Å². The van der Waals surface area contributed by atoms with Crippen molar-refractivity contribution in [2.45, 2.75) is 43.6 Å². The molecule has 0 aliphatic carbocycles. The number of nitrogens with one attached hydrogen (secondary N) is 2. The summed E-state index contributed by atoms with van der Waals surface area (Å²) in [4.78, 5) is 28.4. The lowest BCUT2D eigenvalue weighted by atomic mass is 9.84. The molecule has 0 saturated carbocycles. The number of nitrogens with zero attached hydrogens (tertiary/aromatic N) is 1. The van der Waals surface area contributed by atoms with Gasteiger partial charge in [-0.3, -0.25) is 14.6 Å². The number of pyridine rings is 1. The van der Waals surface area contributed by atoms with E-state index in [1.165, 1.54) is 7.11 Å². The van der Waals surface area contributed by atoms with Crippen LogP contribution in [0.15, 0.2) is 42.7 Å². The van der Waals surface area contributed by atoms with E-state index in [0.717, 1.165) is 11.1 Å². The molecule has 2 aliphatic heterocycles. The highest BCUT2D eigenvalue weighted by molar-refractivity contribution is 5.92. The average molecular weight is 441 g/mol. The first kappa shape index (κ1) is 22.2. The zero-order valence-corrected chi connectivity index (χ0v) is 17.8. The largest absolute Gasteiger partial charge is 0.487 e. The first-order valence-corrected chi connectivity index (χ1v) is 10.6. The molecule has 3 N–H and O–H groups in total. The Balaban J connectivity index is 1.42. The maximum atomic E-state index is 12.5. The highest BCUT2D eigenvalue weighted by atomic mass is 16.6. The maximum absolute atomic E-state index is 12.5. The molecule has 0 radical (unpaired) electrons. The second-order valence-electron chi connectivity index (χ2n) is 7.98. The van der Waals surface area contributed by atoms with Crippen molar-refractivity contribution in [2.75, 3.05) is 25.6 Å². The Bertz CT molecular complexity index is 954. The first-order chi connectivity index (χ1) is 15.6. The summed E-state index contributed by atoms with van der Waals surface area (Å²) < 4.78 is 16.9. The Labute approximate surface area is 186 Å². The molecule has 4 rings (SSSR count). The zero-order valence-electron chi connectivity index (χ0n) is 17.8. The molecular formula is C23H27N3O6. The van der Waals surface area contributed by atoms with Crippen LogP contribution in [-0.2, 0) is 25.6 Å². The van der Waals surface area contributed by atoms with Crippen molar-refractivity contribution in [1.82, 2.24) is 10.3 Å². The van der Waals surface area contributed by atoms with Gasteiger partial charge in [0.25, 0.3) is 0 Å². The molecule has 170 valence electrons. The van der Waals surface area contributed by atoms with Crippen molar-refractivity contribution < 1.29 is 28.9 Å². The third-order valence-corrected chi connectivity index (χ3v) is 5.68. The lowest BCUT2D eigenvalue weighted by molar-refractivity contribution is -0.142. The maximum Gasteiger partial charge on any atom is 0.250 e. The fourth-order valence-corrected chi connectivity index (χ4v) is 4.28. The van der Waals surface area contributed by atoms with Gasteiger partial charge in [0, 0.05) is 43.2 Å². The lowest BCUT2D eigenvalue weighted by Crippen LogP contribution is -2.47. The Kier molecular flexibility index (Phi) is 6.99. The van der Waals surface area contributed by atoms with Crippen LogP contribution >= 0.6 is 0 Å². The van der Waals surface area contributed by atoms with Crippen LogP contribution in [0.1, 0.15) is 29.9 Å². The van der Waals surface area contributed by atoms with Gasteiger partial charge in [-0.1, -0.05) is 6.07 Å². The highest BCUT2D eigenvalue weighted by Gasteiger charge is 2.46. The van der Waals surface area contributed by atoms with E-state index in [4.69, 9.17) is 14.2 Å². The number of amides is 2. The predicted molar refractivity (Wildman–Crippen MR) is 115 cm³/mol. The van der Waals surface area contributed by atoms with E-state index in [0.29, 0.717) is 24.4 Å². The summed E-state index contributed by atoms with van der Waals surface area (Å²) in [6.45, 7) is 0.155. The fraction of sp³-hybridized carbons (Fsp3) is 0.435. The molecule has 2 aliphatic rings. The molecule has 1 fully saturated rings. The normalized spacial score (nSPS) is 23.6. The molecule has 1 aromatic carbocycles. The van der Waals surface area contributed by atoms with Gasteiger partial charge in [-0.05, 0) is 36.2 Å². The Morgan fingerprint density at radius 2 is 2.16 bits per heavy atom. The van der Waals surface area contributed by atoms with Crippen molar-refractivity contribution in [3.05, 3.63) is 53.9 Å². The van der Waals surface area contributed by atoms with E-state index < -0.39 is 6.10 Å². The van der Waals surface area contributed by atoms with E-state index in [9.17, 15) is 14.7 Å². The minimum atomic E-state index is -0.538. The highest BCUT2D eigenvalue weighted by Crippen LogP contribution is 2.47. The van der Waals surface area contributed by atoms with Crippen LogP contribution < -0.4 is 15.4 Å². The van der Waals surface area contributed by atoms with Crippen molar-refractivity contribution in [3.63, 3.8) is 0 Å². The first-order valence-electron chi connectivity index (χ1n) is 10.6. The number of aliphatic hydroxyl groups is 1. The number of ether oxygens (including phenoxy) is 3. The number of fused-ring (bicyclic) bond motifs is 3. The molecule has 0 spiro atoms. The zero-order chi connectivity index (χ0) is 22.5. The van der Waals surface area contributed by atoms with Gasteiger partial charge in [0.2, 0.25) is 11.8 Å². The van der Waals surface area contributed by atoms with Gasteiger partial charge in [-0.25, -0.2) is 0 Å². The predicted octanol–water partition coefficient (Wildman–Crippen LogP) is 1.37. The smallest absolute Gasteiger partial charge is 0.250 e. The summed E-state index contributed by atoms with van der Waals surface area (Å²) in [5.74, 6) is 0.278. The number of anilines is 1. The van der Waals surface area contributed by atoms with E-state index in [1.54, 1.807) is 24.5 Å². The summed E-state index contributed by atoms with van der Waals surface area (Å²) in [5, 5.41) is 15.6. The van der Waals surface area contributed by atoms with Gasteiger partial charge in [-0.15, -0.1) is 0 Å². The van der Waals surface area contributed by atoms with Crippen LogP contribution in [0.3, 0.4) is 0 Å². The average Bonchev–Trinajstić information content (AvgIpc) is 3.16. The number of hydrogen-bond donors (Lipinski definition) is 3. The fourth-order valence-electron chi connectivity index (χ4n) is 4.28. The topological polar surface area (TPSA) is 119 Å². The number of methoxy groups -OCH3 is 1. The van der Waals surface area contributed by atoms with E-state index in [2.05, 4.69) is 15.6 Å². The van der Waals surface area contributed by atoms with Crippen LogP contribution in [0.25, 0.3) is 0 Å². The van der Waals surface area contributed by atoms with Gasteiger partial charge in [0.05, 0.1) is 19.1 Å². The number of rotatable bonds is 8. The molecule has 9 nitrogen and oxygen atoms in total. The molecule has 1 aromatic heterocycles. The molecule has 32 heavy (non-hydrogen) atoms. The number of aromatic nitrogens is 1. The van der Waals surface area contributed by atoms with Crippen LogP contribution in [0.5, 0.6) is 5.75 Å². The Morgan fingerprint density at radius 3 is 2.91 bits per heavy atom. The van der Waals surface area contributed by atoms with Crippen LogP contribution in [0.2, 0.25) is 0 Å². The number of aliphatic hydroxyl groups excluding tert-OH is 1. The summed E-state index contributed by atoms with van der Waals surface area (Å²) >= 11 is 0. The van der Waals surface area contributed by atoms with Gasteiger partial charge >= 0.3 is 0 Å². The SMILES string of the molecule is COCC(=O)Nc1ccc2c(c1)[C@H]1C[C@H](CC(=O)NCc3cccnc3)O[C@H](CO)[C@H]1O2. The summed E-state index contributed by atoms with van der Waals surface area (Å²) in [6, 6.07) is 9.17. The molecule has 2 amide bonds. The van der Waals surface area contributed by atoms with Crippen LogP contribution in [-0.4, -0.2) is 60.5 Å². The Hall–Kier alpha value is -3.01. The summed E-state index contributed by atoms with van der Waals surface area (Å²) in [7, 11) is 1.46. The third kappa shape index (κ3) is 5.07. The van der Waals surface area contributed by atoms with Gasteiger partial charge in [0.15, 0.2) is 0 Å². The van der Waals surface area contributed by atoms with E-state index in [1.807, 2.05) is 18.2 Å². The minimum Gasteiger partial charge on any atom is -0.487 e. The monoisotopic (exact) mass is 441 g/mol. The second-order valence-corrected chi connectivity index (χ2v) is 7.98. The number of carbonyl (C=O) groups is 2. The van der Waals surface area contributed by atoms with Gasteiger partial charge < -0.3 is 30.0 Å². The third-order valence-electron chi connectivity index (χ3n) is 5.68. The van der Waals surface area contributed by atoms with Gasteiger partial charge in [0.1, 0.15) is 24.6 Å². The van der Waals surface area contributed by atoms with Crippen LogP contribution in [0, 0.1) is 0 Å². The molecule has 1 saturated heterocycles. The van der Waals surface area contributed by atoms with Gasteiger partial charge in [-0.2, -0.15) is 0 Å². The Morgan fingerprint density at radius 1 is 1.28 bits per heavy atom. The molecule has 3 heterocycles. The summed E-state index contributed by atoms with van der Waals surface area (Å²) in [6.07, 6.45) is 2.91. The van der Waals surface area contributed by atoms with Crippen molar-refractivity contribution in [1.29, 1.82) is 0 Å². The molecule has 2 aromatic rings. The number of benzene rings is 1. The number of hydrogen-bond acceptors (Lipinski definition) is 7. The quantitative estimate of drug-likeness (QED) is 0.566. The standard InChI is InChI=1S/C23H27N3O6/c1-30-13-22(29)26-15-4-5-19-17(7-15)18-8-16(31-20(12-27)23(18)32-19)9-21(28)25-11-14-3-2-6-24-10-14/h2-7,10,16,18,20,23,27H,8-9,11-13H2,1H3,(H,25,28)(H,26,29)/t16-,18-,20-,23+/m1/s1. The second kappa shape index (κ2) is 10.1. The molecule has 4 atom stereocenters.